The lowest BCUT2D eigenvalue weighted by atomic mass is 10.1. The Labute approximate surface area is 120 Å². The topological polar surface area (TPSA) is 29.5 Å². The van der Waals surface area contributed by atoms with Crippen molar-refractivity contribution in [3.8, 4) is 5.75 Å². The number of nitrogens with zero attached hydrogens (tertiary/aromatic N) is 1. The lowest BCUT2D eigenvalue weighted by molar-refractivity contribution is 0.0725. The first-order chi connectivity index (χ1) is 8.61. The van der Waals surface area contributed by atoms with E-state index in [1.54, 1.807) is 25.3 Å². The molecule has 1 fully saturated rings. The first kappa shape index (κ1) is 13.7. The van der Waals surface area contributed by atoms with E-state index >= 15 is 0 Å². The minimum atomic E-state index is 0.0166. The van der Waals surface area contributed by atoms with E-state index in [2.05, 4.69) is 15.9 Å². The Balaban J connectivity index is 2.18. The van der Waals surface area contributed by atoms with Gasteiger partial charge < -0.3 is 9.64 Å². The van der Waals surface area contributed by atoms with Gasteiger partial charge in [-0.05, 0) is 31.0 Å². The smallest absolute Gasteiger partial charge is 0.257 e. The predicted molar refractivity (Wildman–Crippen MR) is 75.9 cm³/mol. The van der Waals surface area contributed by atoms with Gasteiger partial charge in [0.25, 0.3) is 5.91 Å². The molecule has 1 aromatic carbocycles. The summed E-state index contributed by atoms with van der Waals surface area (Å²) in [5.41, 5.74) is 0.579. The summed E-state index contributed by atoms with van der Waals surface area (Å²) in [6, 6.07) is 5.12. The van der Waals surface area contributed by atoms with Crippen LogP contribution in [0.25, 0.3) is 0 Å². The van der Waals surface area contributed by atoms with Crippen LogP contribution in [-0.2, 0) is 0 Å². The zero-order chi connectivity index (χ0) is 13.1. The summed E-state index contributed by atoms with van der Waals surface area (Å²) in [6.07, 6.45) is 1.98. The summed E-state index contributed by atoms with van der Waals surface area (Å²) in [5, 5.41) is 0.572. The molecular weight excluding hydrogens is 318 g/mol. The van der Waals surface area contributed by atoms with E-state index in [0.29, 0.717) is 21.2 Å². The molecule has 0 N–H and O–H groups in total. The van der Waals surface area contributed by atoms with Crippen LogP contribution in [0.4, 0.5) is 0 Å². The van der Waals surface area contributed by atoms with Gasteiger partial charge in [-0.2, -0.15) is 0 Å². The molecule has 1 aliphatic heterocycles. The predicted octanol–water partition coefficient (Wildman–Crippen LogP) is 3.35. The van der Waals surface area contributed by atoms with Crippen molar-refractivity contribution in [2.24, 2.45) is 0 Å². The minimum absolute atomic E-state index is 0.0166. The summed E-state index contributed by atoms with van der Waals surface area (Å²) < 4.78 is 5.22. The van der Waals surface area contributed by atoms with Gasteiger partial charge >= 0.3 is 0 Å². The highest BCUT2D eigenvalue weighted by Crippen LogP contribution is 2.26. The van der Waals surface area contributed by atoms with Crippen LogP contribution in [0, 0.1) is 0 Å². The number of likely N-dealkylation sites (tertiary alicyclic amines) is 1. The van der Waals surface area contributed by atoms with E-state index in [1.807, 2.05) is 4.90 Å². The second-order valence-electron chi connectivity index (χ2n) is 4.31. The van der Waals surface area contributed by atoms with Gasteiger partial charge in [-0.3, -0.25) is 4.79 Å². The lowest BCUT2D eigenvalue weighted by Gasteiger charge is -2.30. The number of piperidine rings is 1. The fourth-order valence-electron chi connectivity index (χ4n) is 2.06. The van der Waals surface area contributed by atoms with Gasteiger partial charge in [-0.15, -0.1) is 0 Å². The van der Waals surface area contributed by atoms with Crippen molar-refractivity contribution in [1.29, 1.82) is 0 Å². The number of carbonyl (C=O) groups is 1. The van der Waals surface area contributed by atoms with Crippen LogP contribution in [0.2, 0.25) is 5.02 Å². The monoisotopic (exact) mass is 331 g/mol. The molecule has 0 aromatic heterocycles. The second kappa shape index (κ2) is 5.93. The van der Waals surface area contributed by atoms with E-state index in [9.17, 15) is 4.79 Å². The van der Waals surface area contributed by atoms with Crippen LogP contribution in [0.5, 0.6) is 5.75 Å². The third-order valence-corrected chi connectivity index (χ3v) is 4.26. The molecule has 0 atom stereocenters. The fourth-order valence-corrected chi connectivity index (χ4v) is 2.63. The summed E-state index contributed by atoms with van der Waals surface area (Å²) in [5.74, 6) is 0.552. The largest absolute Gasteiger partial charge is 0.496 e. The second-order valence-corrected chi connectivity index (χ2v) is 6.04. The highest BCUT2D eigenvalue weighted by molar-refractivity contribution is 9.09. The van der Waals surface area contributed by atoms with E-state index < -0.39 is 0 Å². The van der Waals surface area contributed by atoms with Crippen molar-refractivity contribution < 1.29 is 9.53 Å². The van der Waals surface area contributed by atoms with Gasteiger partial charge in [-0.25, -0.2) is 0 Å². The van der Waals surface area contributed by atoms with Gasteiger partial charge in [0.15, 0.2) is 0 Å². The molecule has 0 aliphatic carbocycles. The first-order valence-corrected chi connectivity index (χ1v) is 7.18. The number of rotatable bonds is 2. The van der Waals surface area contributed by atoms with E-state index in [1.165, 1.54) is 0 Å². The van der Waals surface area contributed by atoms with E-state index in [4.69, 9.17) is 16.3 Å². The van der Waals surface area contributed by atoms with Crippen molar-refractivity contribution in [1.82, 2.24) is 4.90 Å². The number of benzene rings is 1. The Morgan fingerprint density at radius 1 is 1.44 bits per heavy atom. The van der Waals surface area contributed by atoms with Crippen LogP contribution in [0.15, 0.2) is 18.2 Å². The molecule has 1 amide bonds. The Morgan fingerprint density at radius 2 is 2.11 bits per heavy atom. The Bertz CT molecular complexity index is 445. The number of alkyl halides is 1. The Morgan fingerprint density at radius 3 is 2.72 bits per heavy atom. The van der Waals surface area contributed by atoms with Crippen LogP contribution < -0.4 is 4.74 Å². The molecule has 3 nitrogen and oxygen atoms in total. The van der Waals surface area contributed by atoms with Gasteiger partial charge in [0.1, 0.15) is 5.75 Å². The number of carbonyl (C=O) groups excluding carboxylic acids is 1. The summed E-state index contributed by atoms with van der Waals surface area (Å²) in [4.78, 5) is 14.8. The molecule has 0 bridgehead atoms. The van der Waals surface area contributed by atoms with Gasteiger partial charge in [0.2, 0.25) is 0 Å². The molecule has 1 heterocycles. The molecule has 0 saturated carbocycles. The van der Waals surface area contributed by atoms with Gasteiger partial charge in [-0.1, -0.05) is 27.5 Å². The summed E-state index contributed by atoms with van der Waals surface area (Å²) in [6.45, 7) is 1.56. The molecule has 0 unspecified atom stereocenters. The SMILES string of the molecule is COc1cc(Cl)ccc1C(=O)N1CCC(Br)CC1. The molecule has 0 spiro atoms. The van der Waals surface area contributed by atoms with Crippen molar-refractivity contribution in [3.05, 3.63) is 28.8 Å². The van der Waals surface area contributed by atoms with Crippen molar-refractivity contribution in [3.63, 3.8) is 0 Å². The average Bonchev–Trinajstić information content (AvgIpc) is 2.38. The number of hydrogen-bond donors (Lipinski definition) is 0. The first-order valence-electron chi connectivity index (χ1n) is 5.88. The molecule has 5 heteroatoms. The third-order valence-electron chi connectivity index (χ3n) is 3.11. The maximum absolute atomic E-state index is 12.4. The molecule has 1 saturated heterocycles. The number of ether oxygens (including phenoxy) is 1. The molecule has 18 heavy (non-hydrogen) atoms. The van der Waals surface area contributed by atoms with Gasteiger partial charge in [0, 0.05) is 22.9 Å². The standard InChI is InChI=1S/C13H15BrClNO2/c1-18-12-8-10(15)2-3-11(12)13(17)16-6-4-9(14)5-7-16/h2-3,8-9H,4-7H2,1H3. The molecule has 2 rings (SSSR count). The molecular formula is C13H15BrClNO2. The maximum Gasteiger partial charge on any atom is 0.257 e. The number of halogens is 2. The minimum Gasteiger partial charge on any atom is -0.496 e. The van der Waals surface area contributed by atoms with Crippen LogP contribution in [0.3, 0.4) is 0 Å². The van der Waals surface area contributed by atoms with Crippen molar-refractivity contribution >= 4 is 33.4 Å². The van der Waals surface area contributed by atoms with Crippen molar-refractivity contribution in [2.45, 2.75) is 17.7 Å². The number of methoxy groups -OCH3 is 1. The highest BCUT2D eigenvalue weighted by Gasteiger charge is 2.24. The van der Waals surface area contributed by atoms with Gasteiger partial charge in [0.05, 0.1) is 12.7 Å². The molecule has 98 valence electrons. The highest BCUT2D eigenvalue weighted by atomic mass is 79.9. The number of amides is 1. The van der Waals surface area contributed by atoms with Crippen LogP contribution >= 0.6 is 27.5 Å². The quantitative estimate of drug-likeness (QED) is 0.777. The zero-order valence-corrected chi connectivity index (χ0v) is 12.5. The normalized spacial score (nSPS) is 16.7. The van der Waals surface area contributed by atoms with Crippen molar-refractivity contribution in [2.75, 3.05) is 20.2 Å². The third kappa shape index (κ3) is 2.98. The molecule has 1 aliphatic rings. The number of hydrogen-bond acceptors (Lipinski definition) is 2. The van der Waals surface area contributed by atoms with Crippen LogP contribution in [0.1, 0.15) is 23.2 Å². The molecule has 0 radical (unpaired) electrons. The fraction of sp³-hybridized carbons (Fsp3) is 0.462. The molecule has 1 aromatic rings. The average molecular weight is 333 g/mol. The zero-order valence-electron chi connectivity index (χ0n) is 10.2. The summed E-state index contributed by atoms with van der Waals surface area (Å²) >= 11 is 9.47. The van der Waals surface area contributed by atoms with Crippen LogP contribution in [-0.4, -0.2) is 35.8 Å². The summed E-state index contributed by atoms with van der Waals surface area (Å²) in [7, 11) is 1.55. The Kier molecular flexibility index (Phi) is 4.51. The van der Waals surface area contributed by atoms with E-state index in [-0.39, 0.29) is 5.91 Å². The Hall–Kier alpha value is -0.740. The lowest BCUT2D eigenvalue weighted by Crippen LogP contribution is -2.38. The van der Waals surface area contributed by atoms with E-state index in [0.717, 1.165) is 25.9 Å². The maximum atomic E-state index is 12.4.